The van der Waals surface area contributed by atoms with Gasteiger partial charge in [-0.2, -0.15) is 0 Å². The number of benzene rings is 1. The molecule has 0 fully saturated rings. The van der Waals surface area contributed by atoms with Crippen molar-refractivity contribution < 1.29 is 8.91 Å². The van der Waals surface area contributed by atoms with E-state index in [0.717, 1.165) is 0 Å². The van der Waals surface area contributed by atoms with E-state index in [1.54, 1.807) is 19.1 Å². The third kappa shape index (κ3) is 1.32. The first-order valence-corrected chi connectivity index (χ1v) is 4.00. The molecule has 5 heteroatoms. The van der Waals surface area contributed by atoms with Crippen molar-refractivity contribution in [2.24, 2.45) is 0 Å². The van der Waals surface area contributed by atoms with Crippen molar-refractivity contribution in [2.45, 2.75) is 6.92 Å². The maximum absolute atomic E-state index is 13.1. The predicted octanol–water partition coefficient (Wildman–Crippen LogP) is 1.48. The van der Waals surface area contributed by atoms with Crippen molar-refractivity contribution in [3.05, 3.63) is 40.1 Å². The van der Waals surface area contributed by atoms with Gasteiger partial charge in [0.05, 0.1) is 0 Å². The minimum Gasteiger partial charge on any atom is -0.296 e. The molecule has 1 heterocycles. The summed E-state index contributed by atoms with van der Waals surface area (Å²) in [5.41, 5.74) is 0.952. The van der Waals surface area contributed by atoms with E-state index in [1.165, 1.54) is 6.07 Å². The van der Waals surface area contributed by atoms with E-state index >= 15 is 0 Å². The van der Waals surface area contributed by atoms with E-state index in [1.807, 2.05) is 0 Å². The molecule has 0 aliphatic heterocycles. The third-order valence-electron chi connectivity index (χ3n) is 1.96. The minimum absolute atomic E-state index is 0.243. The summed E-state index contributed by atoms with van der Waals surface area (Å²) in [4.78, 5) is 13.0. The van der Waals surface area contributed by atoms with Crippen LogP contribution in [0.2, 0.25) is 0 Å². The van der Waals surface area contributed by atoms with Crippen LogP contribution in [0.15, 0.2) is 27.5 Å². The highest BCUT2D eigenvalue weighted by molar-refractivity contribution is 5.59. The van der Waals surface area contributed by atoms with Crippen molar-refractivity contribution in [1.29, 1.82) is 0 Å². The summed E-state index contributed by atoms with van der Waals surface area (Å²) >= 11 is 0. The van der Waals surface area contributed by atoms with Gasteiger partial charge in [0.25, 0.3) is 0 Å². The molecule has 0 bridgehead atoms. The molecular weight excluding hydrogens is 187 g/mol. The van der Waals surface area contributed by atoms with Crippen molar-refractivity contribution in [3.63, 3.8) is 0 Å². The molecule has 1 N–H and O–H groups in total. The molecule has 1 aromatic heterocycles. The van der Waals surface area contributed by atoms with Crippen molar-refractivity contribution in [2.75, 3.05) is 0 Å². The Kier molecular flexibility index (Phi) is 1.92. The molecule has 0 unspecified atom stereocenters. The van der Waals surface area contributed by atoms with Crippen LogP contribution < -0.4 is 5.76 Å². The van der Waals surface area contributed by atoms with Crippen LogP contribution in [0.4, 0.5) is 4.39 Å². The van der Waals surface area contributed by atoms with Crippen LogP contribution in [0.5, 0.6) is 0 Å². The third-order valence-corrected chi connectivity index (χ3v) is 1.96. The smallest absolute Gasteiger partial charge is 0.296 e. The molecule has 2 aromatic rings. The number of aromatic amines is 1. The zero-order valence-electron chi connectivity index (χ0n) is 7.37. The molecule has 0 aliphatic rings. The van der Waals surface area contributed by atoms with Crippen molar-refractivity contribution in [1.82, 2.24) is 10.1 Å². The van der Waals surface area contributed by atoms with Gasteiger partial charge in [-0.1, -0.05) is 17.3 Å². The lowest BCUT2D eigenvalue weighted by Crippen LogP contribution is -1.96. The highest BCUT2D eigenvalue weighted by Gasteiger charge is 2.09. The van der Waals surface area contributed by atoms with Gasteiger partial charge in [-0.25, -0.2) is 9.18 Å². The van der Waals surface area contributed by atoms with E-state index in [4.69, 9.17) is 0 Å². The number of nitrogens with zero attached hydrogens (tertiary/aromatic N) is 1. The molecule has 0 saturated heterocycles. The summed E-state index contributed by atoms with van der Waals surface area (Å²) in [5, 5.41) is 3.48. The first kappa shape index (κ1) is 8.68. The number of halogens is 1. The lowest BCUT2D eigenvalue weighted by atomic mass is 10.1. The molecule has 0 saturated carbocycles. The molecule has 72 valence electrons. The zero-order valence-corrected chi connectivity index (χ0v) is 7.37. The maximum Gasteiger partial charge on any atom is 0.439 e. The molecule has 0 aliphatic carbocycles. The normalized spacial score (nSPS) is 10.4. The molecular formula is C9H7FN2O2. The second-order valence-corrected chi connectivity index (χ2v) is 2.86. The highest BCUT2D eigenvalue weighted by atomic mass is 19.1. The van der Waals surface area contributed by atoms with Crippen LogP contribution in [0.1, 0.15) is 5.56 Å². The Labute approximate surface area is 78.4 Å². The molecule has 0 radical (unpaired) electrons. The Morgan fingerprint density at radius 2 is 2.29 bits per heavy atom. The summed E-state index contributed by atoms with van der Waals surface area (Å²) in [7, 11) is 0. The van der Waals surface area contributed by atoms with Crippen molar-refractivity contribution in [3.8, 4) is 11.4 Å². The summed E-state index contributed by atoms with van der Waals surface area (Å²) in [5.74, 6) is -0.748. The van der Waals surface area contributed by atoms with Gasteiger partial charge in [-0.05, 0) is 18.6 Å². The predicted molar refractivity (Wildman–Crippen MR) is 47.3 cm³/mol. The van der Waals surface area contributed by atoms with Crippen molar-refractivity contribution >= 4 is 0 Å². The van der Waals surface area contributed by atoms with Gasteiger partial charge in [0.15, 0.2) is 5.82 Å². The van der Waals surface area contributed by atoms with Gasteiger partial charge in [0.2, 0.25) is 0 Å². The van der Waals surface area contributed by atoms with E-state index in [-0.39, 0.29) is 11.6 Å². The number of hydrogen-bond acceptors (Lipinski definition) is 3. The molecule has 0 atom stereocenters. The highest BCUT2D eigenvalue weighted by Crippen LogP contribution is 2.20. The van der Waals surface area contributed by atoms with Gasteiger partial charge in [0.1, 0.15) is 5.82 Å². The summed E-state index contributed by atoms with van der Waals surface area (Å²) in [6.07, 6.45) is 0. The van der Waals surface area contributed by atoms with Crippen LogP contribution in [-0.4, -0.2) is 10.1 Å². The average molecular weight is 194 g/mol. The van der Waals surface area contributed by atoms with E-state index in [9.17, 15) is 9.18 Å². The van der Waals surface area contributed by atoms with Crippen LogP contribution in [0, 0.1) is 12.7 Å². The Balaban J connectivity index is 2.62. The molecule has 0 amide bonds. The topological polar surface area (TPSA) is 58.9 Å². The van der Waals surface area contributed by atoms with E-state index < -0.39 is 5.76 Å². The number of rotatable bonds is 1. The Bertz CT molecular complexity index is 516. The second kappa shape index (κ2) is 3.10. The number of aromatic nitrogens is 2. The fraction of sp³-hybridized carbons (Fsp3) is 0.111. The summed E-state index contributed by atoms with van der Waals surface area (Å²) in [6, 6.07) is 4.55. The lowest BCUT2D eigenvalue weighted by Gasteiger charge is -2.00. The molecule has 4 nitrogen and oxygen atoms in total. The SMILES string of the molecule is Cc1c(F)cccc1-c1noc(=O)[nH]1. The number of hydrogen-bond donors (Lipinski definition) is 1. The Morgan fingerprint density at radius 3 is 2.93 bits per heavy atom. The van der Waals surface area contributed by atoms with E-state index in [2.05, 4.69) is 14.7 Å². The average Bonchev–Trinajstić information content (AvgIpc) is 2.57. The largest absolute Gasteiger partial charge is 0.439 e. The van der Waals surface area contributed by atoms with Gasteiger partial charge in [-0.15, -0.1) is 0 Å². The summed E-state index contributed by atoms with van der Waals surface area (Å²) in [6.45, 7) is 1.61. The Morgan fingerprint density at radius 1 is 1.50 bits per heavy atom. The molecule has 14 heavy (non-hydrogen) atoms. The maximum atomic E-state index is 13.1. The summed E-state index contributed by atoms with van der Waals surface area (Å²) < 4.78 is 17.5. The van der Waals surface area contributed by atoms with Gasteiger partial charge < -0.3 is 0 Å². The van der Waals surface area contributed by atoms with Gasteiger partial charge in [0, 0.05) is 5.56 Å². The fourth-order valence-electron chi connectivity index (χ4n) is 1.21. The first-order chi connectivity index (χ1) is 6.68. The van der Waals surface area contributed by atoms with Crippen LogP contribution in [0.25, 0.3) is 11.4 Å². The molecule has 1 aromatic carbocycles. The van der Waals surface area contributed by atoms with Crippen LogP contribution in [0.3, 0.4) is 0 Å². The Hall–Kier alpha value is -1.91. The fourth-order valence-corrected chi connectivity index (χ4v) is 1.21. The van der Waals surface area contributed by atoms with Gasteiger partial charge in [-0.3, -0.25) is 9.51 Å². The zero-order chi connectivity index (χ0) is 10.1. The van der Waals surface area contributed by atoms with Gasteiger partial charge >= 0.3 is 5.76 Å². The minimum atomic E-state index is -0.649. The lowest BCUT2D eigenvalue weighted by molar-refractivity contribution is 0.388. The van der Waals surface area contributed by atoms with Crippen LogP contribution in [-0.2, 0) is 0 Å². The molecule has 0 spiro atoms. The molecule has 2 rings (SSSR count). The first-order valence-electron chi connectivity index (χ1n) is 4.00. The van der Waals surface area contributed by atoms with Crippen LogP contribution >= 0.6 is 0 Å². The second-order valence-electron chi connectivity index (χ2n) is 2.86. The number of nitrogens with one attached hydrogen (secondary N) is 1. The number of H-pyrrole nitrogens is 1. The monoisotopic (exact) mass is 194 g/mol. The quantitative estimate of drug-likeness (QED) is 0.747. The van der Waals surface area contributed by atoms with E-state index in [0.29, 0.717) is 11.1 Å². The standard InChI is InChI=1S/C9H7FN2O2/c1-5-6(3-2-4-7(5)10)8-11-9(13)14-12-8/h2-4H,1H3,(H,11,12,13).